The summed E-state index contributed by atoms with van der Waals surface area (Å²) in [6.07, 6.45) is 0.996. The monoisotopic (exact) mass is 211 g/mol. The van der Waals surface area contributed by atoms with Crippen LogP contribution in [-0.2, 0) is 4.74 Å². The molecule has 5 heteroatoms. The number of nitrogens with zero attached hydrogens (tertiary/aromatic N) is 2. The van der Waals surface area contributed by atoms with Crippen LogP contribution in [0.1, 0.15) is 45.2 Å². The van der Waals surface area contributed by atoms with Crippen molar-refractivity contribution in [2.75, 3.05) is 6.61 Å². The molecule has 1 saturated heterocycles. The third kappa shape index (κ3) is 1.71. The average Bonchev–Trinajstić information content (AvgIpc) is 2.71. The van der Waals surface area contributed by atoms with Crippen molar-refractivity contribution in [1.29, 1.82) is 0 Å². The van der Waals surface area contributed by atoms with E-state index < -0.39 is 0 Å². The molecule has 0 radical (unpaired) electrons. The van der Waals surface area contributed by atoms with Gasteiger partial charge in [-0.3, -0.25) is 4.57 Å². The van der Waals surface area contributed by atoms with Crippen molar-refractivity contribution in [3.8, 4) is 0 Å². The van der Waals surface area contributed by atoms with Gasteiger partial charge in [-0.1, -0.05) is 6.92 Å². The lowest BCUT2D eigenvalue weighted by Crippen LogP contribution is -2.23. The SMILES string of the molecule is CC(C)n1c([C@@H]2OCC[C@@H]2C)n[nH]c1=O. The molecule has 0 bridgehead atoms. The summed E-state index contributed by atoms with van der Waals surface area (Å²) in [5.74, 6) is 1.16. The Morgan fingerprint density at radius 1 is 1.60 bits per heavy atom. The Morgan fingerprint density at radius 2 is 2.33 bits per heavy atom. The minimum absolute atomic E-state index is 0.0358. The highest BCUT2D eigenvalue weighted by molar-refractivity contribution is 4.97. The molecule has 1 aliphatic rings. The van der Waals surface area contributed by atoms with Crippen molar-refractivity contribution < 1.29 is 4.74 Å². The highest BCUT2D eigenvalue weighted by Gasteiger charge is 2.31. The number of H-pyrrole nitrogens is 1. The summed E-state index contributed by atoms with van der Waals surface area (Å²) in [6.45, 7) is 6.83. The van der Waals surface area contributed by atoms with Gasteiger partial charge in [-0.15, -0.1) is 0 Å². The van der Waals surface area contributed by atoms with Crippen LogP contribution in [0.15, 0.2) is 4.79 Å². The van der Waals surface area contributed by atoms with E-state index in [1.807, 2.05) is 13.8 Å². The Balaban J connectivity index is 2.39. The first-order chi connectivity index (χ1) is 7.11. The highest BCUT2D eigenvalue weighted by atomic mass is 16.5. The molecule has 1 aromatic heterocycles. The first kappa shape index (κ1) is 10.4. The number of rotatable bonds is 2. The van der Waals surface area contributed by atoms with Gasteiger partial charge in [0.05, 0.1) is 0 Å². The second-order valence-electron chi connectivity index (χ2n) is 4.41. The summed E-state index contributed by atoms with van der Waals surface area (Å²) >= 11 is 0. The van der Waals surface area contributed by atoms with Crippen LogP contribution in [0.5, 0.6) is 0 Å². The fourth-order valence-corrected chi connectivity index (χ4v) is 2.04. The van der Waals surface area contributed by atoms with Crippen LogP contribution in [0.4, 0.5) is 0 Å². The predicted octanol–water partition coefficient (Wildman–Crippen LogP) is 1.25. The molecule has 0 aromatic carbocycles. The zero-order valence-electron chi connectivity index (χ0n) is 9.36. The maximum Gasteiger partial charge on any atom is 0.343 e. The Hall–Kier alpha value is -1.10. The normalized spacial score (nSPS) is 26.4. The van der Waals surface area contributed by atoms with E-state index in [9.17, 15) is 4.79 Å². The van der Waals surface area contributed by atoms with Crippen LogP contribution in [0.2, 0.25) is 0 Å². The average molecular weight is 211 g/mol. The largest absolute Gasteiger partial charge is 0.370 e. The predicted molar refractivity (Wildman–Crippen MR) is 55.7 cm³/mol. The topological polar surface area (TPSA) is 59.9 Å². The van der Waals surface area contributed by atoms with E-state index in [0.29, 0.717) is 5.92 Å². The zero-order chi connectivity index (χ0) is 11.0. The van der Waals surface area contributed by atoms with Crippen molar-refractivity contribution in [1.82, 2.24) is 14.8 Å². The smallest absolute Gasteiger partial charge is 0.343 e. The summed E-state index contributed by atoms with van der Waals surface area (Å²) in [6, 6.07) is 0.114. The number of ether oxygens (including phenoxy) is 1. The first-order valence-electron chi connectivity index (χ1n) is 5.39. The van der Waals surface area contributed by atoms with E-state index in [1.54, 1.807) is 4.57 Å². The lowest BCUT2D eigenvalue weighted by atomic mass is 10.0. The van der Waals surface area contributed by atoms with Crippen molar-refractivity contribution in [3.05, 3.63) is 16.3 Å². The summed E-state index contributed by atoms with van der Waals surface area (Å²) in [7, 11) is 0. The van der Waals surface area contributed by atoms with E-state index in [1.165, 1.54) is 0 Å². The number of hydrogen-bond acceptors (Lipinski definition) is 3. The number of nitrogens with one attached hydrogen (secondary N) is 1. The van der Waals surface area contributed by atoms with Gasteiger partial charge in [0.1, 0.15) is 6.10 Å². The molecule has 2 heterocycles. The van der Waals surface area contributed by atoms with Crippen molar-refractivity contribution in [2.45, 2.75) is 39.3 Å². The minimum Gasteiger partial charge on any atom is -0.370 e. The summed E-state index contributed by atoms with van der Waals surface area (Å²) < 4.78 is 7.29. The van der Waals surface area contributed by atoms with E-state index in [-0.39, 0.29) is 17.8 Å². The fourth-order valence-electron chi connectivity index (χ4n) is 2.04. The van der Waals surface area contributed by atoms with E-state index in [0.717, 1.165) is 18.9 Å². The Kier molecular flexibility index (Phi) is 2.65. The molecule has 1 aromatic rings. The van der Waals surface area contributed by atoms with Gasteiger partial charge in [0.25, 0.3) is 0 Å². The van der Waals surface area contributed by atoms with E-state index in [2.05, 4.69) is 17.1 Å². The van der Waals surface area contributed by atoms with Crippen molar-refractivity contribution in [2.24, 2.45) is 5.92 Å². The van der Waals surface area contributed by atoms with Crippen LogP contribution >= 0.6 is 0 Å². The Labute approximate surface area is 88.4 Å². The molecule has 1 N–H and O–H groups in total. The van der Waals surface area contributed by atoms with Gasteiger partial charge in [-0.2, -0.15) is 5.10 Å². The minimum atomic E-state index is -0.150. The fraction of sp³-hybridized carbons (Fsp3) is 0.800. The molecule has 15 heavy (non-hydrogen) atoms. The van der Waals surface area contributed by atoms with E-state index >= 15 is 0 Å². The standard InChI is InChI=1S/C10H17N3O2/c1-6(2)13-9(11-12-10(13)14)8-7(3)4-5-15-8/h6-8H,4-5H2,1-3H3,(H,12,14)/t7-,8+/m0/s1. The Bertz CT molecular complexity index is 394. The van der Waals surface area contributed by atoms with Gasteiger partial charge in [0.2, 0.25) is 0 Å². The third-order valence-corrected chi connectivity index (χ3v) is 2.89. The van der Waals surface area contributed by atoms with Crippen molar-refractivity contribution >= 4 is 0 Å². The molecule has 2 rings (SSSR count). The van der Waals surface area contributed by atoms with Gasteiger partial charge < -0.3 is 4.74 Å². The second-order valence-corrected chi connectivity index (χ2v) is 4.41. The molecule has 84 valence electrons. The molecule has 0 spiro atoms. The number of aromatic amines is 1. The molecule has 0 aliphatic carbocycles. The van der Waals surface area contributed by atoms with Crippen LogP contribution < -0.4 is 5.69 Å². The molecular weight excluding hydrogens is 194 g/mol. The molecule has 0 saturated carbocycles. The first-order valence-corrected chi connectivity index (χ1v) is 5.39. The third-order valence-electron chi connectivity index (χ3n) is 2.89. The Morgan fingerprint density at radius 3 is 2.87 bits per heavy atom. The van der Waals surface area contributed by atoms with E-state index in [4.69, 9.17) is 4.74 Å². The number of hydrogen-bond donors (Lipinski definition) is 1. The quantitative estimate of drug-likeness (QED) is 0.800. The molecule has 1 fully saturated rings. The van der Waals surface area contributed by atoms with Gasteiger partial charge in [0.15, 0.2) is 5.82 Å². The highest BCUT2D eigenvalue weighted by Crippen LogP contribution is 2.32. The second kappa shape index (κ2) is 3.81. The molecule has 1 aliphatic heterocycles. The zero-order valence-corrected chi connectivity index (χ0v) is 9.36. The summed E-state index contributed by atoms with van der Waals surface area (Å²) in [5, 5.41) is 6.56. The van der Waals surface area contributed by atoms with Gasteiger partial charge in [-0.05, 0) is 26.2 Å². The summed E-state index contributed by atoms with van der Waals surface area (Å²) in [5.41, 5.74) is -0.150. The van der Waals surface area contributed by atoms with Crippen LogP contribution in [0, 0.1) is 5.92 Å². The summed E-state index contributed by atoms with van der Waals surface area (Å²) in [4.78, 5) is 11.5. The maximum absolute atomic E-state index is 11.5. The molecule has 2 atom stereocenters. The van der Waals surface area contributed by atoms with Crippen LogP contribution in [0.25, 0.3) is 0 Å². The lowest BCUT2D eigenvalue weighted by molar-refractivity contribution is 0.0828. The van der Waals surface area contributed by atoms with Gasteiger partial charge >= 0.3 is 5.69 Å². The molecule has 5 nitrogen and oxygen atoms in total. The van der Waals surface area contributed by atoms with Crippen LogP contribution in [-0.4, -0.2) is 21.4 Å². The molecule has 0 unspecified atom stereocenters. The molecular formula is C10H17N3O2. The number of aromatic nitrogens is 3. The van der Waals surface area contributed by atoms with Gasteiger partial charge in [0, 0.05) is 12.6 Å². The lowest BCUT2D eigenvalue weighted by Gasteiger charge is -2.16. The molecule has 0 amide bonds. The van der Waals surface area contributed by atoms with Crippen molar-refractivity contribution in [3.63, 3.8) is 0 Å². The van der Waals surface area contributed by atoms with Gasteiger partial charge in [-0.25, -0.2) is 9.89 Å². The maximum atomic E-state index is 11.5. The van der Waals surface area contributed by atoms with Crippen LogP contribution in [0.3, 0.4) is 0 Å².